The van der Waals surface area contributed by atoms with Gasteiger partial charge >= 0.3 is 0 Å². The van der Waals surface area contributed by atoms with Gasteiger partial charge in [-0.1, -0.05) is 0 Å². The molecule has 17 heavy (non-hydrogen) atoms. The number of fused-ring (bicyclic) bond motifs is 1. The first-order chi connectivity index (χ1) is 8.31. The first-order valence-corrected chi connectivity index (χ1v) is 7.74. The van der Waals surface area contributed by atoms with E-state index in [1.165, 1.54) is 0 Å². The number of aliphatic hydroxyl groups excluding tert-OH is 1. The smallest absolute Gasteiger partial charge is 0.195 e. The largest absolute Gasteiger partial charge is 0.390 e. The lowest BCUT2D eigenvalue weighted by atomic mass is 10.3. The van der Waals surface area contributed by atoms with E-state index < -0.39 is 0 Å². The van der Waals surface area contributed by atoms with Crippen molar-refractivity contribution in [2.45, 2.75) is 19.6 Å². The van der Waals surface area contributed by atoms with Crippen molar-refractivity contribution < 1.29 is 5.11 Å². The van der Waals surface area contributed by atoms with Crippen LogP contribution in [0.4, 0.5) is 5.82 Å². The highest BCUT2D eigenvalue weighted by Gasteiger charge is 2.24. The molecule has 0 saturated carbocycles. The number of imidazole rings is 1. The molecule has 2 aromatic heterocycles. The number of anilines is 1. The van der Waals surface area contributed by atoms with Gasteiger partial charge in [0, 0.05) is 35.7 Å². The number of hydrogen-bond acceptors (Lipinski definition) is 5. The molecule has 1 fully saturated rings. The zero-order chi connectivity index (χ0) is 11.8. The number of aromatic nitrogens is 2. The minimum Gasteiger partial charge on any atom is -0.390 e. The molecule has 2 aromatic rings. The summed E-state index contributed by atoms with van der Waals surface area (Å²) >= 11 is 3.60. The second kappa shape index (κ2) is 4.51. The van der Waals surface area contributed by atoms with Crippen LogP contribution in [0.2, 0.25) is 0 Å². The third-order valence-electron chi connectivity index (χ3n) is 3.13. The zero-order valence-corrected chi connectivity index (χ0v) is 11.3. The van der Waals surface area contributed by atoms with Crippen molar-refractivity contribution in [3.05, 3.63) is 17.3 Å². The van der Waals surface area contributed by atoms with Crippen LogP contribution < -0.4 is 4.90 Å². The lowest BCUT2D eigenvalue weighted by molar-refractivity contribution is 0.276. The molecule has 1 N–H and O–H groups in total. The second-order valence-corrected chi connectivity index (χ2v) is 6.24. The van der Waals surface area contributed by atoms with Crippen LogP contribution in [0, 0.1) is 0 Å². The Hall–Kier alpha value is -0.720. The van der Waals surface area contributed by atoms with E-state index in [1.807, 2.05) is 27.7 Å². The van der Waals surface area contributed by atoms with Crippen LogP contribution in [0.5, 0.6) is 0 Å². The minimum atomic E-state index is 0.0452. The highest BCUT2D eigenvalue weighted by molar-refractivity contribution is 7.99. The van der Waals surface area contributed by atoms with Crippen LogP contribution >= 0.6 is 23.1 Å². The highest BCUT2D eigenvalue weighted by atomic mass is 32.2. The van der Waals surface area contributed by atoms with Crippen LogP contribution in [0.25, 0.3) is 4.96 Å². The summed E-state index contributed by atoms with van der Waals surface area (Å²) in [7, 11) is 0. The molecule has 1 unspecified atom stereocenters. The van der Waals surface area contributed by atoms with E-state index >= 15 is 0 Å². The Bertz CT molecular complexity index is 522. The van der Waals surface area contributed by atoms with E-state index in [0.717, 1.165) is 34.5 Å². The van der Waals surface area contributed by atoms with Gasteiger partial charge in [-0.2, -0.15) is 11.8 Å². The van der Waals surface area contributed by atoms with Gasteiger partial charge in [-0.15, -0.1) is 11.3 Å². The summed E-state index contributed by atoms with van der Waals surface area (Å²) in [6.07, 6.45) is 1.98. The molecule has 1 atom stereocenters. The molecule has 92 valence electrons. The fourth-order valence-corrected chi connectivity index (χ4v) is 3.98. The third kappa shape index (κ3) is 1.84. The fraction of sp³-hybridized carbons (Fsp3) is 0.545. The first kappa shape index (κ1) is 11.4. The Morgan fingerprint density at radius 2 is 2.47 bits per heavy atom. The van der Waals surface area contributed by atoms with E-state index in [4.69, 9.17) is 0 Å². The summed E-state index contributed by atoms with van der Waals surface area (Å²) in [5.74, 6) is 3.24. The van der Waals surface area contributed by atoms with Gasteiger partial charge in [-0.25, -0.2) is 4.98 Å². The maximum absolute atomic E-state index is 9.55. The molecule has 3 heterocycles. The Morgan fingerprint density at radius 1 is 1.59 bits per heavy atom. The van der Waals surface area contributed by atoms with Crippen LogP contribution in [0.1, 0.15) is 12.6 Å². The monoisotopic (exact) mass is 269 g/mol. The summed E-state index contributed by atoms with van der Waals surface area (Å²) in [5.41, 5.74) is 0.917. The Labute approximate surface area is 108 Å². The molecule has 0 aromatic carbocycles. The van der Waals surface area contributed by atoms with Crippen molar-refractivity contribution in [3.63, 3.8) is 0 Å². The topological polar surface area (TPSA) is 40.8 Å². The van der Waals surface area contributed by atoms with Gasteiger partial charge in [0.1, 0.15) is 0 Å². The molecule has 0 radical (unpaired) electrons. The van der Waals surface area contributed by atoms with Crippen LogP contribution in [0.15, 0.2) is 11.6 Å². The Kier molecular flexibility index (Phi) is 3.02. The van der Waals surface area contributed by atoms with E-state index in [1.54, 1.807) is 11.3 Å². The molecule has 0 bridgehead atoms. The van der Waals surface area contributed by atoms with Crippen LogP contribution in [0.3, 0.4) is 0 Å². The first-order valence-electron chi connectivity index (χ1n) is 5.71. The van der Waals surface area contributed by atoms with E-state index in [0.29, 0.717) is 6.04 Å². The fourth-order valence-electron chi connectivity index (χ4n) is 2.24. The standard InChI is InChI=1S/C11H15N3OS2/c1-8-7-16-4-2-13(8)10-9(6-15)14-3-5-17-11(14)12-10/h3,5,8,15H,2,4,6-7H2,1H3. The number of hydrogen-bond donors (Lipinski definition) is 1. The Morgan fingerprint density at radius 3 is 3.24 bits per heavy atom. The van der Waals surface area contributed by atoms with Gasteiger partial charge in [0.15, 0.2) is 10.8 Å². The molecule has 0 spiro atoms. The molecule has 1 saturated heterocycles. The SMILES string of the molecule is CC1CSCCN1c1nc2sccn2c1CO. The molecule has 1 aliphatic rings. The number of nitrogens with zero attached hydrogens (tertiary/aromatic N) is 3. The summed E-state index contributed by atoms with van der Waals surface area (Å²) in [4.78, 5) is 7.94. The van der Waals surface area contributed by atoms with Crippen molar-refractivity contribution in [3.8, 4) is 0 Å². The van der Waals surface area contributed by atoms with Gasteiger partial charge in [-0.3, -0.25) is 4.40 Å². The van der Waals surface area contributed by atoms with Gasteiger partial charge < -0.3 is 10.0 Å². The molecule has 6 heteroatoms. The van der Waals surface area contributed by atoms with Crippen LogP contribution in [-0.4, -0.2) is 38.6 Å². The lowest BCUT2D eigenvalue weighted by Gasteiger charge is -2.33. The summed E-state index contributed by atoms with van der Waals surface area (Å²) in [6, 6.07) is 0.489. The maximum atomic E-state index is 9.55. The maximum Gasteiger partial charge on any atom is 0.195 e. The molecule has 3 rings (SSSR count). The van der Waals surface area contributed by atoms with Crippen molar-refractivity contribution in [1.29, 1.82) is 0 Å². The highest BCUT2D eigenvalue weighted by Crippen LogP contribution is 2.29. The van der Waals surface area contributed by atoms with Gasteiger partial charge in [-0.05, 0) is 6.92 Å². The predicted octanol–water partition coefficient (Wildman–Crippen LogP) is 1.83. The third-order valence-corrected chi connectivity index (χ3v) is 5.08. The predicted molar refractivity (Wildman–Crippen MR) is 73.1 cm³/mol. The van der Waals surface area contributed by atoms with Crippen molar-refractivity contribution in [2.75, 3.05) is 23.0 Å². The van der Waals surface area contributed by atoms with Crippen molar-refractivity contribution in [2.24, 2.45) is 0 Å². The van der Waals surface area contributed by atoms with Crippen LogP contribution in [-0.2, 0) is 6.61 Å². The zero-order valence-electron chi connectivity index (χ0n) is 9.67. The molecule has 4 nitrogen and oxygen atoms in total. The van der Waals surface area contributed by atoms with E-state index in [9.17, 15) is 5.11 Å². The van der Waals surface area contributed by atoms with E-state index in [-0.39, 0.29) is 6.61 Å². The Balaban J connectivity index is 2.05. The second-order valence-electron chi connectivity index (χ2n) is 4.21. The average molecular weight is 269 g/mol. The number of aliphatic hydroxyl groups is 1. The molecule has 0 aliphatic carbocycles. The average Bonchev–Trinajstić information content (AvgIpc) is 2.89. The molecular weight excluding hydrogens is 254 g/mol. The van der Waals surface area contributed by atoms with Gasteiger partial charge in [0.25, 0.3) is 0 Å². The number of thiazole rings is 1. The van der Waals surface area contributed by atoms with Gasteiger partial charge in [0.2, 0.25) is 0 Å². The minimum absolute atomic E-state index is 0.0452. The van der Waals surface area contributed by atoms with Crippen molar-refractivity contribution >= 4 is 33.9 Å². The molecule has 1 aliphatic heterocycles. The summed E-state index contributed by atoms with van der Waals surface area (Å²) in [6.45, 7) is 3.29. The van der Waals surface area contributed by atoms with Gasteiger partial charge in [0.05, 0.1) is 12.3 Å². The quantitative estimate of drug-likeness (QED) is 0.903. The van der Waals surface area contributed by atoms with E-state index in [2.05, 4.69) is 16.8 Å². The summed E-state index contributed by atoms with van der Waals surface area (Å²) in [5, 5.41) is 11.6. The molecule has 0 amide bonds. The lowest BCUT2D eigenvalue weighted by Crippen LogP contribution is -2.41. The number of rotatable bonds is 2. The number of thioether (sulfide) groups is 1. The van der Waals surface area contributed by atoms with Crippen molar-refractivity contribution in [1.82, 2.24) is 9.38 Å². The summed E-state index contributed by atoms with van der Waals surface area (Å²) < 4.78 is 1.99. The molecular formula is C11H15N3OS2. The normalized spacial score (nSPS) is 21.3.